The molecule has 0 fully saturated rings. The summed E-state index contributed by atoms with van der Waals surface area (Å²) in [5.74, 6) is -2.11. The van der Waals surface area contributed by atoms with Gasteiger partial charge in [0.05, 0.1) is 12.5 Å². The highest BCUT2D eigenvalue weighted by molar-refractivity contribution is 6.37. The molecule has 0 radical (unpaired) electrons. The Balaban J connectivity index is 2.47. The lowest BCUT2D eigenvalue weighted by atomic mass is 10.1. The zero-order valence-corrected chi connectivity index (χ0v) is 10.4. The number of anilines is 1. The van der Waals surface area contributed by atoms with Crippen LogP contribution in [0.1, 0.15) is 5.56 Å². The third-order valence-electron chi connectivity index (χ3n) is 2.61. The summed E-state index contributed by atoms with van der Waals surface area (Å²) in [6.07, 6.45) is 1.11. The standard InChI is InChI=1S/C13H11NO5/c1-7-4-3-5-8-10(15)9(6-19-11(7)8)14-12(16)13(17)18-2/h3-6H,1-2H3,(H,14,16). The van der Waals surface area contributed by atoms with E-state index in [-0.39, 0.29) is 5.69 Å². The quantitative estimate of drug-likeness (QED) is 0.616. The summed E-state index contributed by atoms with van der Waals surface area (Å²) >= 11 is 0. The molecule has 0 aliphatic carbocycles. The third kappa shape index (κ3) is 2.33. The SMILES string of the molecule is COC(=O)C(=O)Nc1coc2c(C)cccc2c1=O. The van der Waals surface area contributed by atoms with Gasteiger partial charge in [-0.25, -0.2) is 4.79 Å². The van der Waals surface area contributed by atoms with Crippen LogP contribution in [0.15, 0.2) is 33.7 Å². The normalized spacial score (nSPS) is 10.2. The van der Waals surface area contributed by atoms with Crippen LogP contribution in [-0.4, -0.2) is 19.0 Å². The van der Waals surface area contributed by atoms with E-state index in [9.17, 15) is 14.4 Å². The van der Waals surface area contributed by atoms with Crippen LogP contribution in [0.5, 0.6) is 0 Å². The van der Waals surface area contributed by atoms with Crippen LogP contribution in [0.2, 0.25) is 0 Å². The lowest BCUT2D eigenvalue weighted by Gasteiger charge is -2.05. The van der Waals surface area contributed by atoms with Gasteiger partial charge in [0.25, 0.3) is 0 Å². The molecule has 0 bridgehead atoms. The zero-order valence-electron chi connectivity index (χ0n) is 10.4. The van der Waals surface area contributed by atoms with E-state index in [4.69, 9.17) is 4.42 Å². The van der Waals surface area contributed by atoms with Gasteiger partial charge in [-0.15, -0.1) is 0 Å². The highest BCUT2D eigenvalue weighted by atomic mass is 16.5. The molecular formula is C13H11NO5. The molecule has 2 aromatic rings. The van der Waals surface area contributed by atoms with E-state index >= 15 is 0 Å². The second-order valence-electron chi connectivity index (χ2n) is 3.88. The number of fused-ring (bicyclic) bond motifs is 1. The number of para-hydroxylation sites is 1. The van der Waals surface area contributed by atoms with Gasteiger partial charge in [-0.05, 0) is 18.6 Å². The van der Waals surface area contributed by atoms with Crippen molar-refractivity contribution in [2.45, 2.75) is 6.92 Å². The van der Waals surface area contributed by atoms with E-state index in [0.29, 0.717) is 11.0 Å². The fourth-order valence-corrected chi connectivity index (χ4v) is 1.66. The van der Waals surface area contributed by atoms with Gasteiger partial charge in [0.15, 0.2) is 0 Å². The summed E-state index contributed by atoms with van der Waals surface area (Å²) in [6, 6.07) is 5.10. The van der Waals surface area contributed by atoms with E-state index in [1.54, 1.807) is 25.1 Å². The summed E-state index contributed by atoms with van der Waals surface area (Å²) < 4.78 is 9.55. The van der Waals surface area contributed by atoms with E-state index < -0.39 is 17.3 Å². The molecule has 1 aromatic carbocycles. The van der Waals surface area contributed by atoms with Gasteiger partial charge < -0.3 is 14.5 Å². The summed E-state index contributed by atoms with van der Waals surface area (Å²) in [4.78, 5) is 34.4. The Morgan fingerprint density at radius 2 is 2.05 bits per heavy atom. The van der Waals surface area contributed by atoms with Crippen LogP contribution >= 0.6 is 0 Å². The van der Waals surface area contributed by atoms with Gasteiger partial charge in [0.2, 0.25) is 5.43 Å². The van der Waals surface area contributed by atoms with Gasteiger partial charge in [-0.2, -0.15) is 0 Å². The minimum atomic E-state index is -1.08. The average molecular weight is 261 g/mol. The van der Waals surface area contributed by atoms with E-state index in [1.807, 2.05) is 0 Å². The highest BCUT2D eigenvalue weighted by Crippen LogP contribution is 2.17. The Hall–Kier alpha value is -2.63. The highest BCUT2D eigenvalue weighted by Gasteiger charge is 2.17. The number of ether oxygens (including phenoxy) is 1. The molecule has 0 aliphatic heterocycles. The number of esters is 1. The topological polar surface area (TPSA) is 85.6 Å². The molecule has 6 heteroatoms. The van der Waals surface area contributed by atoms with E-state index in [2.05, 4.69) is 10.1 Å². The first-order valence-electron chi connectivity index (χ1n) is 5.45. The molecule has 0 saturated carbocycles. The summed E-state index contributed by atoms with van der Waals surface area (Å²) in [5, 5.41) is 2.49. The van der Waals surface area contributed by atoms with Crippen molar-refractivity contribution in [1.29, 1.82) is 0 Å². The first-order valence-corrected chi connectivity index (χ1v) is 5.45. The number of hydrogen-bond donors (Lipinski definition) is 1. The predicted octanol–water partition coefficient (Wildman–Crippen LogP) is 1.21. The fourth-order valence-electron chi connectivity index (χ4n) is 1.66. The van der Waals surface area contributed by atoms with Crippen molar-refractivity contribution in [2.24, 2.45) is 0 Å². The number of amides is 1. The van der Waals surface area contributed by atoms with Gasteiger partial charge in [-0.1, -0.05) is 12.1 Å². The van der Waals surface area contributed by atoms with Crippen molar-refractivity contribution in [2.75, 3.05) is 12.4 Å². The minimum Gasteiger partial charge on any atom is -0.462 e. The number of carbonyl (C=O) groups excluding carboxylic acids is 2. The first-order chi connectivity index (χ1) is 9.04. The van der Waals surface area contributed by atoms with Crippen molar-refractivity contribution in [3.8, 4) is 0 Å². The molecular weight excluding hydrogens is 250 g/mol. The Bertz CT molecular complexity index is 717. The van der Waals surface area contributed by atoms with Crippen molar-refractivity contribution in [3.63, 3.8) is 0 Å². The molecule has 6 nitrogen and oxygen atoms in total. The van der Waals surface area contributed by atoms with Crippen molar-refractivity contribution >= 4 is 28.5 Å². The zero-order chi connectivity index (χ0) is 14.0. The number of carbonyl (C=O) groups is 2. The molecule has 1 N–H and O–H groups in total. The van der Waals surface area contributed by atoms with Gasteiger partial charge in [0.1, 0.15) is 17.5 Å². The number of rotatable bonds is 1. The Morgan fingerprint density at radius 1 is 1.32 bits per heavy atom. The van der Waals surface area contributed by atoms with Crippen LogP contribution in [0.4, 0.5) is 5.69 Å². The molecule has 0 aliphatic rings. The Morgan fingerprint density at radius 3 is 2.74 bits per heavy atom. The predicted molar refractivity (Wildman–Crippen MR) is 67.9 cm³/mol. The lowest BCUT2D eigenvalue weighted by Crippen LogP contribution is -2.26. The second kappa shape index (κ2) is 4.93. The fraction of sp³-hybridized carbons (Fsp3) is 0.154. The number of aryl methyl sites for hydroxylation is 1. The summed E-state index contributed by atoms with van der Waals surface area (Å²) in [7, 11) is 1.08. The van der Waals surface area contributed by atoms with Crippen molar-refractivity contribution < 1.29 is 18.7 Å². The molecule has 0 unspecified atom stereocenters. The third-order valence-corrected chi connectivity index (χ3v) is 2.61. The Labute approximate surface area is 108 Å². The van der Waals surface area contributed by atoms with Crippen molar-refractivity contribution in [1.82, 2.24) is 0 Å². The largest absolute Gasteiger partial charge is 0.462 e. The van der Waals surface area contributed by atoms with Gasteiger partial charge in [-0.3, -0.25) is 9.59 Å². The smallest absolute Gasteiger partial charge is 0.396 e. The number of hydrogen-bond acceptors (Lipinski definition) is 5. The Kier molecular flexibility index (Phi) is 3.33. The molecule has 0 spiro atoms. The maximum atomic E-state index is 12.1. The summed E-state index contributed by atoms with van der Waals surface area (Å²) in [6.45, 7) is 1.80. The van der Waals surface area contributed by atoms with Gasteiger partial charge >= 0.3 is 11.9 Å². The van der Waals surface area contributed by atoms with Crippen LogP contribution in [-0.2, 0) is 14.3 Å². The molecule has 0 saturated heterocycles. The lowest BCUT2D eigenvalue weighted by molar-refractivity contribution is -0.150. The molecule has 98 valence electrons. The second-order valence-corrected chi connectivity index (χ2v) is 3.88. The van der Waals surface area contributed by atoms with Gasteiger partial charge in [0, 0.05) is 0 Å². The molecule has 1 aromatic heterocycles. The number of nitrogens with one attached hydrogen (secondary N) is 1. The molecule has 2 rings (SSSR count). The average Bonchev–Trinajstić information content (AvgIpc) is 2.41. The molecule has 0 atom stereocenters. The number of methoxy groups -OCH3 is 1. The monoisotopic (exact) mass is 261 g/mol. The molecule has 1 heterocycles. The van der Waals surface area contributed by atoms with Crippen LogP contribution < -0.4 is 10.7 Å². The molecule has 1 amide bonds. The first kappa shape index (κ1) is 12.8. The maximum Gasteiger partial charge on any atom is 0.396 e. The number of benzene rings is 1. The van der Waals surface area contributed by atoms with Crippen LogP contribution in [0.25, 0.3) is 11.0 Å². The van der Waals surface area contributed by atoms with Crippen LogP contribution in [0.3, 0.4) is 0 Å². The minimum absolute atomic E-state index is 0.103. The van der Waals surface area contributed by atoms with Crippen LogP contribution in [0, 0.1) is 6.92 Å². The van der Waals surface area contributed by atoms with E-state index in [1.165, 1.54) is 0 Å². The summed E-state index contributed by atoms with van der Waals surface area (Å²) in [5.41, 5.74) is 0.736. The van der Waals surface area contributed by atoms with Crippen molar-refractivity contribution in [3.05, 3.63) is 40.2 Å². The molecule has 19 heavy (non-hydrogen) atoms. The maximum absolute atomic E-state index is 12.1. The van der Waals surface area contributed by atoms with E-state index in [0.717, 1.165) is 18.9 Å².